The van der Waals surface area contributed by atoms with Crippen molar-refractivity contribution in [2.24, 2.45) is 0 Å². The van der Waals surface area contributed by atoms with Crippen molar-refractivity contribution < 1.29 is 13.9 Å². The Morgan fingerprint density at radius 1 is 1.13 bits per heavy atom. The van der Waals surface area contributed by atoms with E-state index < -0.39 is 0 Å². The zero-order valence-electron chi connectivity index (χ0n) is 13.0. The predicted octanol–water partition coefficient (Wildman–Crippen LogP) is 3.44. The second-order valence-electron chi connectivity index (χ2n) is 5.81. The summed E-state index contributed by atoms with van der Waals surface area (Å²) in [5.41, 5.74) is 0.982. The summed E-state index contributed by atoms with van der Waals surface area (Å²) in [7, 11) is 0. The third-order valence-electron chi connectivity index (χ3n) is 4.08. The van der Waals surface area contributed by atoms with E-state index in [9.17, 15) is 9.18 Å². The summed E-state index contributed by atoms with van der Waals surface area (Å²) in [6, 6.07) is 16.0. The van der Waals surface area contributed by atoms with Gasteiger partial charge in [0.25, 0.3) is 0 Å². The van der Waals surface area contributed by atoms with Crippen LogP contribution in [0.3, 0.4) is 0 Å². The maximum atomic E-state index is 12.9. The zero-order chi connectivity index (χ0) is 16.1. The van der Waals surface area contributed by atoms with Crippen LogP contribution in [0.15, 0.2) is 54.6 Å². The number of para-hydroxylation sites is 1. The van der Waals surface area contributed by atoms with Crippen LogP contribution in [0.5, 0.6) is 5.75 Å². The molecule has 1 atom stereocenters. The van der Waals surface area contributed by atoms with Gasteiger partial charge in [0.05, 0.1) is 6.54 Å². The highest BCUT2D eigenvalue weighted by molar-refractivity contribution is 5.76. The van der Waals surface area contributed by atoms with Crippen molar-refractivity contribution >= 4 is 5.91 Å². The summed E-state index contributed by atoms with van der Waals surface area (Å²) in [4.78, 5) is 14.1. The average Bonchev–Trinajstić information content (AvgIpc) is 3.03. The molecule has 1 aliphatic heterocycles. The predicted molar refractivity (Wildman–Crippen MR) is 86.8 cm³/mol. The molecule has 23 heavy (non-hydrogen) atoms. The van der Waals surface area contributed by atoms with Crippen molar-refractivity contribution in [3.8, 4) is 5.75 Å². The number of hydrogen-bond acceptors (Lipinski definition) is 2. The molecule has 3 nitrogen and oxygen atoms in total. The van der Waals surface area contributed by atoms with Crippen LogP contribution in [-0.2, 0) is 11.2 Å². The second-order valence-corrected chi connectivity index (χ2v) is 5.81. The van der Waals surface area contributed by atoms with Gasteiger partial charge in [-0.05, 0) is 36.2 Å². The molecule has 3 rings (SSSR count). The van der Waals surface area contributed by atoms with Crippen LogP contribution in [0.1, 0.15) is 18.4 Å². The minimum absolute atomic E-state index is 0.0622. The normalized spacial score (nSPS) is 17.3. The fourth-order valence-corrected chi connectivity index (χ4v) is 2.80. The lowest BCUT2D eigenvalue weighted by molar-refractivity contribution is -0.130. The number of ether oxygens (including phenoxy) is 1. The van der Waals surface area contributed by atoms with Gasteiger partial charge < -0.3 is 9.64 Å². The third kappa shape index (κ3) is 4.31. The Kier molecular flexibility index (Phi) is 4.91. The zero-order valence-corrected chi connectivity index (χ0v) is 13.0. The van der Waals surface area contributed by atoms with Crippen molar-refractivity contribution in [2.75, 3.05) is 13.1 Å². The van der Waals surface area contributed by atoms with E-state index in [0.717, 1.165) is 24.3 Å². The van der Waals surface area contributed by atoms with Gasteiger partial charge in [0, 0.05) is 19.4 Å². The summed E-state index contributed by atoms with van der Waals surface area (Å²) in [5.74, 6) is 0.729. The largest absolute Gasteiger partial charge is 0.489 e. The fourth-order valence-electron chi connectivity index (χ4n) is 2.80. The van der Waals surface area contributed by atoms with E-state index in [0.29, 0.717) is 19.4 Å². The van der Waals surface area contributed by atoms with Gasteiger partial charge >= 0.3 is 0 Å². The topological polar surface area (TPSA) is 29.5 Å². The van der Waals surface area contributed by atoms with Gasteiger partial charge in [-0.25, -0.2) is 4.39 Å². The summed E-state index contributed by atoms with van der Waals surface area (Å²) in [6.07, 6.45) is 2.01. The lowest BCUT2D eigenvalue weighted by Crippen LogP contribution is -2.31. The van der Waals surface area contributed by atoms with Crippen LogP contribution in [0.4, 0.5) is 4.39 Å². The second kappa shape index (κ2) is 7.27. The van der Waals surface area contributed by atoms with Crippen LogP contribution in [0.25, 0.3) is 0 Å². The minimum Gasteiger partial charge on any atom is -0.489 e. The van der Waals surface area contributed by atoms with Gasteiger partial charge in [0.1, 0.15) is 17.7 Å². The SMILES string of the molecule is O=C(CCc1ccc(F)cc1)N1CC[C@@H](Oc2ccccc2)C1. The molecular formula is C19H20FNO2. The molecule has 1 fully saturated rings. The Balaban J connectivity index is 1.46. The van der Waals surface area contributed by atoms with Crippen molar-refractivity contribution in [1.29, 1.82) is 0 Å². The van der Waals surface area contributed by atoms with E-state index >= 15 is 0 Å². The Morgan fingerprint density at radius 3 is 2.61 bits per heavy atom. The van der Waals surface area contributed by atoms with Crippen LogP contribution >= 0.6 is 0 Å². The Morgan fingerprint density at radius 2 is 1.87 bits per heavy atom. The number of likely N-dealkylation sites (tertiary alicyclic amines) is 1. The molecule has 0 saturated carbocycles. The molecule has 0 unspecified atom stereocenters. The van der Waals surface area contributed by atoms with Gasteiger partial charge in [-0.1, -0.05) is 30.3 Å². The fraction of sp³-hybridized carbons (Fsp3) is 0.316. The van der Waals surface area contributed by atoms with Crippen molar-refractivity contribution in [2.45, 2.75) is 25.4 Å². The van der Waals surface area contributed by atoms with Gasteiger partial charge in [0.2, 0.25) is 5.91 Å². The number of hydrogen-bond donors (Lipinski definition) is 0. The number of benzene rings is 2. The number of carbonyl (C=O) groups excluding carboxylic acids is 1. The maximum Gasteiger partial charge on any atom is 0.223 e. The Hall–Kier alpha value is -2.36. The van der Waals surface area contributed by atoms with E-state index in [4.69, 9.17) is 4.74 Å². The van der Waals surface area contributed by atoms with Crippen LogP contribution < -0.4 is 4.74 Å². The van der Waals surface area contributed by atoms with E-state index in [1.807, 2.05) is 35.2 Å². The van der Waals surface area contributed by atoms with Gasteiger partial charge in [0.15, 0.2) is 0 Å². The third-order valence-corrected chi connectivity index (χ3v) is 4.08. The summed E-state index contributed by atoms with van der Waals surface area (Å²) in [6.45, 7) is 1.37. The smallest absolute Gasteiger partial charge is 0.223 e. The van der Waals surface area contributed by atoms with Crippen LogP contribution in [-0.4, -0.2) is 30.0 Å². The van der Waals surface area contributed by atoms with E-state index in [2.05, 4.69) is 0 Å². The summed E-state index contributed by atoms with van der Waals surface area (Å²) < 4.78 is 18.8. The number of amides is 1. The molecule has 0 radical (unpaired) electrons. The molecule has 0 spiro atoms. The average molecular weight is 313 g/mol. The van der Waals surface area contributed by atoms with E-state index in [1.54, 1.807) is 12.1 Å². The molecule has 0 aromatic heterocycles. The lowest BCUT2D eigenvalue weighted by atomic mass is 10.1. The summed E-state index contributed by atoms with van der Waals surface area (Å²) >= 11 is 0. The number of halogens is 1. The van der Waals surface area contributed by atoms with Crippen molar-refractivity contribution in [3.63, 3.8) is 0 Å². The molecule has 2 aromatic rings. The molecule has 2 aromatic carbocycles. The van der Waals surface area contributed by atoms with Gasteiger partial charge in [-0.15, -0.1) is 0 Å². The molecule has 0 aliphatic carbocycles. The van der Waals surface area contributed by atoms with Gasteiger partial charge in [-0.2, -0.15) is 0 Å². The number of aryl methyl sites for hydroxylation is 1. The number of rotatable bonds is 5. The van der Waals surface area contributed by atoms with Gasteiger partial charge in [-0.3, -0.25) is 4.79 Å². The molecule has 4 heteroatoms. The maximum absolute atomic E-state index is 12.9. The standard InChI is InChI=1S/C19H20FNO2/c20-16-9-6-15(7-10-16)8-11-19(22)21-13-12-18(14-21)23-17-4-2-1-3-5-17/h1-7,9-10,18H,8,11-14H2/t18-/m1/s1. The number of nitrogens with zero attached hydrogens (tertiary/aromatic N) is 1. The molecular weight excluding hydrogens is 293 g/mol. The Bertz CT molecular complexity index is 642. The minimum atomic E-state index is -0.250. The Labute approximate surface area is 135 Å². The number of carbonyl (C=O) groups is 1. The van der Waals surface area contributed by atoms with Crippen molar-refractivity contribution in [1.82, 2.24) is 4.90 Å². The lowest BCUT2D eigenvalue weighted by Gasteiger charge is -2.17. The highest BCUT2D eigenvalue weighted by atomic mass is 19.1. The first kappa shape index (κ1) is 15.5. The molecule has 1 amide bonds. The molecule has 1 aliphatic rings. The van der Waals surface area contributed by atoms with E-state index in [1.165, 1.54) is 12.1 Å². The first-order valence-corrected chi connectivity index (χ1v) is 7.94. The molecule has 1 heterocycles. The van der Waals surface area contributed by atoms with E-state index in [-0.39, 0.29) is 17.8 Å². The first-order chi connectivity index (χ1) is 11.2. The monoisotopic (exact) mass is 313 g/mol. The first-order valence-electron chi connectivity index (χ1n) is 7.94. The molecule has 0 bridgehead atoms. The van der Waals surface area contributed by atoms with Crippen LogP contribution in [0, 0.1) is 5.82 Å². The molecule has 120 valence electrons. The van der Waals surface area contributed by atoms with Crippen molar-refractivity contribution in [3.05, 3.63) is 66.0 Å². The molecule has 0 N–H and O–H groups in total. The highest BCUT2D eigenvalue weighted by Gasteiger charge is 2.27. The van der Waals surface area contributed by atoms with Crippen LogP contribution in [0.2, 0.25) is 0 Å². The highest BCUT2D eigenvalue weighted by Crippen LogP contribution is 2.19. The molecule has 1 saturated heterocycles. The quantitative estimate of drug-likeness (QED) is 0.846. The summed E-state index contributed by atoms with van der Waals surface area (Å²) in [5, 5.41) is 0.